The van der Waals surface area contributed by atoms with E-state index in [9.17, 15) is 0 Å². The van der Waals surface area contributed by atoms with E-state index in [1.807, 2.05) is 17.8 Å². The lowest BCUT2D eigenvalue weighted by Crippen LogP contribution is -2.26. The Bertz CT molecular complexity index is 449. The number of hydrazine groups is 1. The Hall–Kier alpha value is -1.01. The molecule has 2 saturated carbocycles. The molecule has 0 aromatic carbocycles. The molecule has 2 atom stereocenters. The highest BCUT2D eigenvalue weighted by molar-refractivity contribution is 7.99. The lowest BCUT2D eigenvalue weighted by Gasteiger charge is -2.20. The van der Waals surface area contributed by atoms with Gasteiger partial charge in [0.1, 0.15) is 17.5 Å². The monoisotopic (exact) mass is 279 g/mol. The molecule has 1 aromatic heterocycles. The van der Waals surface area contributed by atoms with Gasteiger partial charge in [-0.1, -0.05) is 6.42 Å². The van der Waals surface area contributed by atoms with Gasteiger partial charge in [0.25, 0.3) is 0 Å². The molecule has 104 valence electrons. The third-order valence-corrected chi connectivity index (χ3v) is 5.09. The predicted molar refractivity (Wildman–Crippen MR) is 80.4 cm³/mol. The molecule has 6 heteroatoms. The van der Waals surface area contributed by atoms with E-state index in [0.29, 0.717) is 23.0 Å². The number of thioether (sulfide) groups is 1. The number of nitrogen functional groups attached to an aromatic ring is 1. The Labute approximate surface area is 118 Å². The molecule has 0 amide bonds. The number of hydrogen-bond acceptors (Lipinski definition) is 6. The molecule has 0 radical (unpaired) electrons. The average Bonchev–Trinajstić information content (AvgIpc) is 3.19. The molecule has 0 spiro atoms. The van der Waals surface area contributed by atoms with E-state index in [-0.39, 0.29) is 0 Å². The number of nitrogens with two attached hydrogens (primary N) is 1. The van der Waals surface area contributed by atoms with Crippen molar-refractivity contribution in [2.45, 2.75) is 49.3 Å². The lowest BCUT2D eigenvalue weighted by molar-refractivity contribution is 0.759. The molecular formula is C13H21N5S. The first-order valence-electron chi connectivity index (χ1n) is 6.95. The van der Waals surface area contributed by atoms with Crippen LogP contribution < -0.4 is 16.6 Å². The van der Waals surface area contributed by atoms with Gasteiger partial charge in [-0.15, -0.1) is 0 Å². The van der Waals surface area contributed by atoms with Crippen LogP contribution >= 0.6 is 11.8 Å². The second kappa shape index (κ2) is 5.54. The van der Waals surface area contributed by atoms with Crippen molar-refractivity contribution < 1.29 is 0 Å². The molecule has 2 fully saturated rings. The van der Waals surface area contributed by atoms with Crippen LogP contribution in [0.2, 0.25) is 0 Å². The highest BCUT2D eigenvalue weighted by atomic mass is 32.2. The highest BCUT2D eigenvalue weighted by Gasteiger charge is 2.29. The van der Waals surface area contributed by atoms with Gasteiger partial charge in [0.15, 0.2) is 0 Å². The second-order valence-electron chi connectivity index (χ2n) is 5.37. The van der Waals surface area contributed by atoms with E-state index in [0.717, 1.165) is 11.6 Å². The minimum atomic E-state index is 0.516. The third-order valence-electron chi connectivity index (χ3n) is 3.92. The van der Waals surface area contributed by atoms with E-state index in [1.165, 1.54) is 32.1 Å². The molecule has 1 aromatic rings. The smallest absolute Gasteiger partial charge is 0.145 e. The Kier molecular flexibility index (Phi) is 3.79. The number of aromatic nitrogens is 2. The van der Waals surface area contributed by atoms with Crippen LogP contribution in [0.5, 0.6) is 0 Å². The van der Waals surface area contributed by atoms with Crippen LogP contribution in [0, 0.1) is 0 Å². The van der Waals surface area contributed by atoms with Crippen LogP contribution in [-0.4, -0.2) is 27.5 Å². The summed E-state index contributed by atoms with van der Waals surface area (Å²) in [5.74, 6) is 8.58. The molecule has 19 heavy (non-hydrogen) atoms. The van der Waals surface area contributed by atoms with Crippen molar-refractivity contribution in [3.05, 3.63) is 11.9 Å². The number of anilines is 2. The molecule has 5 nitrogen and oxygen atoms in total. The van der Waals surface area contributed by atoms with Crippen molar-refractivity contribution in [2.24, 2.45) is 5.84 Å². The maximum Gasteiger partial charge on any atom is 0.145 e. The summed E-state index contributed by atoms with van der Waals surface area (Å²) in [5.41, 5.74) is 2.64. The van der Waals surface area contributed by atoms with Crippen LogP contribution in [0.3, 0.4) is 0 Å². The van der Waals surface area contributed by atoms with E-state index in [1.54, 1.807) is 0 Å². The summed E-state index contributed by atoms with van der Waals surface area (Å²) in [7, 11) is 0. The fourth-order valence-electron chi connectivity index (χ4n) is 2.70. The molecule has 2 aliphatic carbocycles. The molecule has 2 aliphatic rings. The predicted octanol–water partition coefficient (Wildman–Crippen LogP) is 2.34. The summed E-state index contributed by atoms with van der Waals surface area (Å²) in [6.07, 6.45) is 8.40. The van der Waals surface area contributed by atoms with Gasteiger partial charge in [-0.05, 0) is 31.9 Å². The van der Waals surface area contributed by atoms with E-state index in [4.69, 9.17) is 5.84 Å². The number of nitrogens with zero attached hydrogens (tertiary/aromatic N) is 2. The first kappa shape index (κ1) is 13.0. The first-order valence-corrected chi connectivity index (χ1v) is 8.24. The van der Waals surface area contributed by atoms with E-state index in [2.05, 4.69) is 27.0 Å². The van der Waals surface area contributed by atoms with Crippen molar-refractivity contribution in [3.63, 3.8) is 0 Å². The zero-order chi connectivity index (χ0) is 13.2. The Balaban J connectivity index is 1.77. The molecule has 1 heterocycles. The summed E-state index contributed by atoms with van der Waals surface area (Å²) in [6.45, 7) is 0. The van der Waals surface area contributed by atoms with Crippen molar-refractivity contribution in [2.75, 3.05) is 17.0 Å². The van der Waals surface area contributed by atoms with Crippen LogP contribution in [0.1, 0.15) is 43.8 Å². The summed E-state index contributed by atoms with van der Waals surface area (Å²) in [4.78, 5) is 9.08. The summed E-state index contributed by atoms with van der Waals surface area (Å²) < 4.78 is 0. The van der Waals surface area contributed by atoms with Gasteiger partial charge >= 0.3 is 0 Å². The van der Waals surface area contributed by atoms with Gasteiger partial charge in [-0.2, -0.15) is 11.8 Å². The molecule has 0 bridgehead atoms. The normalized spacial score (nSPS) is 26.4. The zero-order valence-electron chi connectivity index (χ0n) is 11.2. The van der Waals surface area contributed by atoms with Crippen LogP contribution in [0.4, 0.5) is 11.6 Å². The SMILES string of the molecule is CSC1CCCC1Nc1cc(NN)nc(C2CC2)n1. The van der Waals surface area contributed by atoms with Crippen LogP contribution in [-0.2, 0) is 0 Å². The van der Waals surface area contributed by atoms with Crippen molar-refractivity contribution in [1.82, 2.24) is 9.97 Å². The van der Waals surface area contributed by atoms with Gasteiger partial charge in [-0.3, -0.25) is 0 Å². The number of rotatable bonds is 5. The minimum Gasteiger partial charge on any atom is -0.366 e. The minimum absolute atomic E-state index is 0.516. The largest absolute Gasteiger partial charge is 0.366 e. The standard InChI is InChI=1S/C13H21N5S/c1-19-10-4-2-3-9(10)15-11-7-12(18-14)17-13(16-11)8-5-6-8/h7-10H,2-6,14H2,1H3,(H2,15,16,17,18). The van der Waals surface area contributed by atoms with Crippen molar-refractivity contribution in [3.8, 4) is 0 Å². The topological polar surface area (TPSA) is 75.9 Å². The lowest BCUT2D eigenvalue weighted by atomic mass is 10.2. The van der Waals surface area contributed by atoms with Crippen LogP contribution in [0.25, 0.3) is 0 Å². The summed E-state index contributed by atoms with van der Waals surface area (Å²) >= 11 is 1.95. The number of nitrogens with one attached hydrogen (secondary N) is 2. The van der Waals surface area contributed by atoms with E-state index >= 15 is 0 Å². The summed E-state index contributed by atoms with van der Waals surface area (Å²) in [5, 5.41) is 4.26. The summed E-state index contributed by atoms with van der Waals surface area (Å²) in [6, 6.07) is 2.42. The molecule has 0 aliphatic heterocycles. The molecule has 3 rings (SSSR count). The fourth-order valence-corrected chi connectivity index (χ4v) is 3.64. The van der Waals surface area contributed by atoms with Gasteiger partial charge in [0.2, 0.25) is 0 Å². The Morgan fingerprint density at radius 1 is 1.21 bits per heavy atom. The Morgan fingerprint density at radius 2 is 2.00 bits per heavy atom. The van der Waals surface area contributed by atoms with Crippen LogP contribution in [0.15, 0.2) is 6.07 Å². The van der Waals surface area contributed by atoms with Crippen molar-refractivity contribution in [1.29, 1.82) is 0 Å². The Morgan fingerprint density at radius 3 is 2.68 bits per heavy atom. The second-order valence-corrected chi connectivity index (χ2v) is 6.45. The maximum atomic E-state index is 5.50. The molecule has 0 saturated heterocycles. The van der Waals surface area contributed by atoms with Gasteiger partial charge < -0.3 is 10.7 Å². The van der Waals surface area contributed by atoms with E-state index < -0.39 is 0 Å². The highest BCUT2D eigenvalue weighted by Crippen LogP contribution is 2.39. The maximum absolute atomic E-state index is 5.50. The van der Waals surface area contributed by atoms with Crippen molar-refractivity contribution >= 4 is 23.4 Å². The first-order chi connectivity index (χ1) is 9.30. The fraction of sp³-hybridized carbons (Fsp3) is 0.692. The average molecular weight is 279 g/mol. The van der Waals surface area contributed by atoms with Gasteiger partial charge in [0, 0.05) is 23.3 Å². The number of hydrogen-bond donors (Lipinski definition) is 3. The molecule has 2 unspecified atom stereocenters. The zero-order valence-corrected chi connectivity index (χ0v) is 12.0. The molecular weight excluding hydrogens is 258 g/mol. The third kappa shape index (κ3) is 2.95. The van der Waals surface area contributed by atoms with Gasteiger partial charge in [0.05, 0.1) is 0 Å². The van der Waals surface area contributed by atoms with Gasteiger partial charge in [-0.25, -0.2) is 15.8 Å². The quantitative estimate of drug-likeness (QED) is 0.567. The molecule has 4 N–H and O–H groups in total.